The van der Waals surface area contributed by atoms with Crippen LogP contribution in [0.3, 0.4) is 0 Å². The number of alkyl halides is 3. The number of nitriles is 2. The molecule has 1 aromatic heterocycles. The van der Waals surface area contributed by atoms with Crippen LogP contribution in [0.1, 0.15) is 33.6 Å². The van der Waals surface area contributed by atoms with Gasteiger partial charge in [0.2, 0.25) is 17.9 Å². The Bertz CT molecular complexity index is 1230. The predicted molar refractivity (Wildman–Crippen MR) is 113 cm³/mol. The van der Waals surface area contributed by atoms with Crippen molar-refractivity contribution in [2.45, 2.75) is 12.7 Å². The van der Waals surface area contributed by atoms with Crippen LogP contribution < -0.4 is 4.57 Å². The molecule has 0 fully saturated rings. The number of benzene rings is 2. The van der Waals surface area contributed by atoms with Gasteiger partial charge in [0.1, 0.15) is 23.8 Å². The van der Waals surface area contributed by atoms with Crippen LogP contribution in [0.4, 0.5) is 22.0 Å². The first-order chi connectivity index (χ1) is 15.7. The zero-order valence-electron chi connectivity index (χ0n) is 16.9. The molecule has 0 N–H and O–H groups in total. The van der Waals surface area contributed by atoms with Crippen LogP contribution in [0.25, 0.3) is 24.3 Å². The number of pyridine rings is 1. The molecule has 0 unspecified atom stereocenters. The van der Waals surface area contributed by atoms with Gasteiger partial charge in [0.05, 0.1) is 11.1 Å². The van der Waals surface area contributed by atoms with E-state index in [1.165, 1.54) is 60.7 Å². The van der Waals surface area contributed by atoms with Crippen molar-refractivity contribution in [3.63, 3.8) is 0 Å². The number of nitrogens with zero attached hydrogens (tertiary/aromatic N) is 3. The molecule has 0 bridgehead atoms. The van der Waals surface area contributed by atoms with Gasteiger partial charge in [-0.3, -0.25) is 0 Å². The number of hydrogen-bond donors (Lipinski definition) is 0. The Morgan fingerprint density at radius 2 is 1.18 bits per heavy atom. The zero-order valence-corrected chi connectivity index (χ0v) is 16.9. The van der Waals surface area contributed by atoms with Gasteiger partial charge in [0.25, 0.3) is 0 Å². The van der Waals surface area contributed by atoms with Crippen molar-refractivity contribution in [2.24, 2.45) is 0 Å². The third kappa shape index (κ3) is 6.11. The minimum atomic E-state index is -4.51. The first-order valence-corrected chi connectivity index (χ1v) is 9.55. The molecule has 0 radical (unpaired) electrons. The van der Waals surface area contributed by atoms with Crippen LogP contribution in [-0.4, -0.2) is 6.18 Å². The topological polar surface area (TPSA) is 51.5 Å². The lowest BCUT2D eigenvalue weighted by Gasteiger charge is -2.07. The predicted octanol–water partition coefficient (Wildman–Crippen LogP) is 5.90. The second kappa shape index (κ2) is 9.88. The molecule has 3 nitrogen and oxygen atoms in total. The van der Waals surface area contributed by atoms with Gasteiger partial charge in [-0.1, -0.05) is 12.1 Å². The van der Waals surface area contributed by atoms with E-state index < -0.39 is 24.4 Å². The lowest BCUT2D eigenvalue weighted by molar-refractivity contribution is -0.722. The first kappa shape index (κ1) is 23.4. The van der Waals surface area contributed by atoms with Crippen LogP contribution in [0, 0.1) is 34.3 Å². The molecule has 33 heavy (non-hydrogen) atoms. The Kier molecular flexibility index (Phi) is 7.00. The molecule has 3 aromatic rings. The second-order valence-electron chi connectivity index (χ2n) is 6.95. The van der Waals surface area contributed by atoms with Gasteiger partial charge >= 0.3 is 6.18 Å². The van der Waals surface area contributed by atoms with Gasteiger partial charge in [-0.2, -0.15) is 28.3 Å². The molecule has 0 saturated heterocycles. The summed E-state index contributed by atoms with van der Waals surface area (Å²) in [6.45, 7) is -1.27. The van der Waals surface area contributed by atoms with E-state index in [2.05, 4.69) is 0 Å². The SMILES string of the molecule is N#Cc1cc(/C=C/c2cccc(/C=C/c3ccc(F)c(C#N)c3)[n+]2CC(F)(F)F)ccc1F. The molecule has 164 valence electrons. The van der Waals surface area contributed by atoms with Crippen molar-refractivity contribution in [3.8, 4) is 12.1 Å². The number of halogens is 5. The standard InChI is InChI=1S/C25H15F5N3/c26-23-10-6-17(12-19(23)14-31)4-8-21-2-1-3-22(33(21)16-25(28,29)30)9-5-18-7-11-24(27)20(13-18)15-32/h1-13H,16H2/q+1/b8-4+,9-5+. The smallest absolute Gasteiger partial charge is 0.206 e. The maximum absolute atomic E-state index is 13.5. The lowest BCUT2D eigenvalue weighted by atomic mass is 10.1. The molecule has 2 aromatic carbocycles. The Hall–Kier alpha value is -4.30. The number of hydrogen-bond acceptors (Lipinski definition) is 2. The van der Waals surface area contributed by atoms with Crippen LogP contribution in [0.15, 0.2) is 54.6 Å². The molecule has 0 saturated carbocycles. The van der Waals surface area contributed by atoms with E-state index in [0.29, 0.717) is 11.1 Å². The van der Waals surface area contributed by atoms with E-state index in [0.717, 1.165) is 16.7 Å². The zero-order chi connectivity index (χ0) is 24.0. The van der Waals surface area contributed by atoms with E-state index >= 15 is 0 Å². The molecule has 0 aliphatic carbocycles. The molecule has 3 rings (SSSR count). The Balaban J connectivity index is 2.01. The van der Waals surface area contributed by atoms with E-state index in [4.69, 9.17) is 10.5 Å². The highest BCUT2D eigenvalue weighted by atomic mass is 19.4. The summed E-state index contributed by atoms with van der Waals surface area (Å²) in [5.41, 5.74) is 0.981. The number of rotatable bonds is 5. The maximum Gasteiger partial charge on any atom is 0.448 e. The van der Waals surface area contributed by atoms with Gasteiger partial charge in [0.15, 0.2) is 0 Å². The van der Waals surface area contributed by atoms with Crippen molar-refractivity contribution in [2.75, 3.05) is 0 Å². The summed E-state index contributed by atoms with van der Waals surface area (Å²) in [6, 6.07) is 15.6. The van der Waals surface area contributed by atoms with Gasteiger partial charge in [-0.25, -0.2) is 8.78 Å². The van der Waals surface area contributed by atoms with Crippen LogP contribution in [0.2, 0.25) is 0 Å². The van der Waals surface area contributed by atoms with Gasteiger partial charge in [0, 0.05) is 24.3 Å². The maximum atomic E-state index is 13.5. The van der Waals surface area contributed by atoms with E-state index in [1.807, 2.05) is 0 Å². The van der Waals surface area contributed by atoms with E-state index in [1.54, 1.807) is 18.2 Å². The number of aromatic nitrogens is 1. The summed E-state index contributed by atoms with van der Waals surface area (Å²) in [6.07, 6.45) is 1.32. The minimum Gasteiger partial charge on any atom is -0.206 e. The Morgan fingerprint density at radius 3 is 1.58 bits per heavy atom. The molecule has 0 aliphatic heterocycles. The first-order valence-electron chi connectivity index (χ1n) is 9.55. The minimum absolute atomic E-state index is 0.173. The van der Waals surface area contributed by atoms with E-state index in [9.17, 15) is 22.0 Å². The van der Waals surface area contributed by atoms with Gasteiger partial charge in [-0.05, 0) is 53.6 Å². The fraction of sp³-hybridized carbons (Fsp3) is 0.0800. The quantitative estimate of drug-likeness (QED) is 0.358. The summed E-state index contributed by atoms with van der Waals surface area (Å²) in [7, 11) is 0. The molecule has 8 heteroatoms. The van der Waals surface area contributed by atoms with E-state index in [-0.39, 0.29) is 22.5 Å². The normalized spacial score (nSPS) is 11.6. The molecular weight excluding hydrogens is 437 g/mol. The molecular formula is C25H15F5N3+. The average molecular weight is 452 g/mol. The highest BCUT2D eigenvalue weighted by Crippen LogP contribution is 2.18. The Morgan fingerprint density at radius 1 is 0.727 bits per heavy atom. The highest BCUT2D eigenvalue weighted by molar-refractivity contribution is 5.70. The summed E-state index contributed by atoms with van der Waals surface area (Å²) in [5.74, 6) is -1.37. The summed E-state index contributed by atoms with van der Waals surface area (Å²) >= 11 is 0. The molecule has 0 amide bonds. The average Bonchev–Trinajstić information content (AvgIpc) is 2.78. The fourth-order valence-electron chi connectivity index (χ4n) is 3.05. The molecule has 0 aliphatic rings. The van der Waals surface area contributed by atoms with Crippen LogP contribution >= 0.6 is 0 Å². The summed E-state index contributed by atoms with van der Waals surface area (Å²) in [4.78, 5) is 0. The van der Waals surface area contributed by atoms with Crippen molar-refractivity contribution >= 4 is 24.3 Å². The van der Waals surface area contributed by atoms with Crippen LogP contribution in [0.5, 0.6) is 0 Å². The third-order valence-corrected chi connectivity index (χ3v) is 4.61. The largest absolute Gasteiger partial charge is 0.448 e. The van der Waals surface area contributed by atoms with Crippen molar-refractivity contribution < 1.29 is 26.5 Å². The Labute approximate surface area is 186 Å². The third-order valence-electron chi connectivity index (χ3n) is 4.61. The van der Waals surface area contributed by atoms with Gasteiger partial charge < -0.3 is 0 Å². The summed E-state index contributed by atoms with van der Waals surface area (Å²) < 4.78 is 67.9. The molecule has 1 heterocycles. The fourth-order valence-corrected chi connectivity index (χ4v) is 3.05. The molecule has 0 atom stereocenters. The lowest BCUT2D eigenvalue weighted by Crippen LogP contribution is -2.46. The van der Waals surface area contributed by atoms with Crippen molar-refractivity contribution in [1.82, 2.24) is 0 Å². The monoisotopic (exact) mass is 452 g/mol. The van der Waals surface area contributed by atoms with Gasteiger partial charge in [-0.15, -0.1) is 0 Å². The summed E-state index contributed by atoms with van der Waals surface area (Å²) in [5, 5.41) is 17.9. The van der Waals surface area contributed by atoms with Crippen molar-refractivity contribution in [1.29, 1.82) is 10.5 Å². The molecule has 0 spiro atoms. The second-order valence-corrected chi connectivity index (χ2v) is 6.95. The van der Waals surface area contributed by atoms with Crippen LogP contribution in [-0.2, 0) is 6.54 Å². The van der Waals surface area contributed by atoms with Crippen molar-refractivity contribution in [3.05, 3.63) is 99.9 Å². The highest BCUT2D eigenvalue weighted by Gasteiger charge is 2.35.